The average molecular weight is 1290 g/mol. The van der Waals surface area contributed by atoms with E-state index in [2.05, 4.69) is 242 Å². The minimum absolute atomic E-state index is 0.197. The molecule has 11 aromatic rings. The van der Waals surface area contributed by atoms with Crippen LogP contribution in [0.15, 0.2) is 123 Å². The van der Waals surface area contributed by atoms with Crippen LogP contribution < -0.4 is 28.4 Å². The molecule has 0 atom stereocenters. The Hall–Kier alpha value is -7.95. The Balaban J connectivity index is 0.000000154. The lowest BCUT2D eigenvalue weighted by atomic mass is 10.1. The molecule has 0 radical (unpaired) electrons. The molecule has 85 heavy (non-hydrogen) atoms. The second kappa shape index (κ2) is 30.2. The van der Waals surface area contributed by atoms with Crippen molar-refractivity contribution in [2.45, 2.75) is 87.9 Å². The summed E-state index contributed by atoms with van der Waals surface area (Å²) in [5.41, 5.74) is 14.5. The standard InChI is InChI=1S/C23H24IN4O3S.C22H25N4OS.C20H25N4O/c1-3-27(4-2)18-11-9-16(22-23(18)26-31-25-22)10-12-20-28(13-14-30-21(29)15-24)17-7-5-6-8-19(17)32-20;1-4-15-26-17-9-7-8-10-19(17)28-20(26)14-12-16-11-13-18(25(5-2)6-3)22-21(16)23-27-24-22;1-4-13-23-14-11-16(12-15-23)7-8-17-9-10-18(24(5-2)6-3)20-19(17)21-25-22-20/h5-12H,3-4,13-15H2,1-2H3;7-14H,4-6,15H2,1-3H3;7-12,14-15H,4-6,13H2,1-3H3/q3*+1. The van der Waals surface area contributed by atoms with Gasteiger partial charge in [0, 0.05) is 105 Å². The van der Waals surface area contributed by atoms with Crippen LogP contribution in [0.2, 0.25) is 0 Å². The van der Waals surface area contributed by atoms with Crippen molar-refractivity contribution in [3.05, 3.63) is 142 Å². The van der Waals surface area contributed by atoms with Crippen molar-refractivity contribution in [2.24, 2.45) is 0 Å². The zero-order valence-electron chi connectivity index (χ0n) is 49.7. The molecule has 0 aliphatic rings. The number of pyridine rings is 1. The number of rotatable bonds is 23. The van der Waals surface area contributed by atoms with Crippen LogP contribution in [0.3, 0.4) is 0 Å². The Morgan fingerprint density at radius 2 is 0.871 bits per heavy atom. The minimum atomic E-state index is -0.197. The largest absolute Gasteiger partial charge is 0.458 e. The van der Waals surface area contributed by atoms with Crippen LogP contribution in [-0.4, -0.2) is 87.2 Å². The molecule has 0 N–H and O–H groups in total. The van der Waals surface area contributed by atoms with Gasteiger partial charge in [0.2, 0.25) is 11.0 Å². The van der Waals surface area contributed by atoms with Gasteiger partial charge in [-0.15, -0.1) is 0 Å². The second-order valence-corrected chi connectivity index (χ2v) is 22.7. The zero-order valence-corrected chi connectivity index (χ0v) is 53.4. The molecule has 0 spiro atoms. The highest BCUT2D eigenvalue weighted by Crippen LogP contribution is 2.32. The molecule has 6 aromatic heterocycles. The molecule has 0 fully saturated rings. The number of hydrogen-bond donors (Lipinski definition) is 0. The molecular formula is C65H74IN12O5S2+3. The van der Waals surface area contributed by atoms with Gasteiger partial charge >= 0.3 is 5.97 Å². The van der Waals surface area contributed by atoms with Gasteiger partial charge in [0.15, 0.2) is 42.1 Å². The number of esters is 1. The highest BCUT2D eigenvalue weighted by atomic mass is 127. The molecule has 0 amide bonds. The van der Waals surface area contributed by atoms with Crippen LogP contribution in [0.5, 0.6) is 0 Å². The van der Waals surface area contributed by atoms with Crippen molar-refractivity contribution < 1.29 is 37.1 Å². The summed E-state index contributed by atoms with van der Waals surface area (Å²) in [6.45, 7) is 25.6. The number of carbonyl (C=O) groups excluding carboxylic acids is 1. The van der Waals surface area contributed by atoms with Gasteiger partial charge < -0.3 is 19.4 Å². The quantitative estimate of drug-likeness (QED) is 0.0257. The van der Waals surface area contributed by atoms with E-state index < -0.39 is 0 Å². The third-order valence-electron chi connectivity index (χ3n) is 14.7. The first-order valence-electron chi connectivity index (χ1n) is 29.3. The molecule has 6 heterocycles. The van der Waals surface area contributed by atoms with Crippen molar-refractivity contribution in [2.75, 3.05) is 65.0 Å². The number of hydrogen-bond acceptors (Lipinski definition) is 16. The first kappa shape index (κ1) is 61.6. The summed E-state index contributed by atoms with van der Waals surface area (Å²) in [6, 6.07) is 33.6. The number of anilines is 3. The molecule has 0 unspecified atom stereocenters. The van der Waals surface area contributed by atoms with Crippen molar-refractivity contribution >= 4 is 158 Å². The Labute approximate surface area is 517 Å². The molecule has 0 saturated carbocycles. The van der Waals surface area contributed by atoms with E-state index in [-0.39, 0.29) is 5.97 Å². The van der Waals surface area contributed by atoms with Crippen molar-refractivity contribution in [1.82, 2.24) is 30.9 Å². The van der Waals surface area contributed by atoms with Crippen LogP contribution in [0, 0.1) is 0 Å². The van der Waals surface area contributed by atoms with Gasteiger partial charge in [-0.1, -0.05) is 114 Å². The Morgan fingerprint density at radius 1 is 0.482 bits per heavy atom. The molecule has 0 saturated heterocycles. The molecule has 0 aliphatic heterocycles. The van der Waals surface area contributed by atoms with E-state index >= 15 is 0 Å². The maximum atomic E-state index is 11.5. The Bertz CT molecular complexity index is 4060. The Morgan fingerprint density at radius 3 is 1.27 bits per heavy atom. The number of para-hydroxylation sites is 2. The van der Waals surface area contributed by atoms with Gasteiger partial charge in [-0.05, 0) is 121 Å². The maximum absolute atomic E-state index is 11.5. The molecule has 5 aromatic carbocycles. The van der Waals surface area contributed by atoms with Crippen molar-refractivity contribution in [1.29, 1.82) is 0 Å². The smallest absolute Gasteiger partial charge is 0.315 e. The second-order valence-electron chi connectivity index (χ2n) is 19.8. The summed E-state index contributed by atoms with van der Waals surface area (Å²) in [4.78, 5) is 18.3. The van der Waals surface area contributed by atoms with E-state index in [1.165, 1.54) is 19.9 Å². The lowest BCUT2D eigenvalue weighted by molar-refractivity contribution is -0.697. The van der Waals surface area contributed by atoms with Gasteiger partial charge in [-0.25, -0.2) is 18.5 Å². The molecule has 17 nitrogen and oxygen atoms in total. The van der Waals surface area contributed by atoms with E-state index in [9.17, 15) is 4.79 Å². The third-order valence-corrected chi connectivity index (χ3v) is 17.5. The summed E-state index contributed by atoms with van der Waals surface area (Å²) in [5, 5.41) is 27.2. The number of benzene rings is 5. The fourth-order valence-corrected chi connectivity index (χ4v) is 12.7. The number of halogens is 1. The summed E-state index contributed by atoms with van der Waals surface area (Å²) in [6.07, 6.45) is 19.0. The van der Waals surface area contributed by atoms with Gasteiger partial charge in [-0.3, -0.25) is 4.79 Å². The SMILES string of the molecule is CCC[n+]1c(/C=C/c2ccc(N(CC)CC)c3nonc23)sc2ccccc21.CCC[n+]1ccc(/C=C/c2ccc(N(CC)CC)c3nonc23)cc1.CCN(CC)c1ccc(/C=C/c2sc3ccccc3[n+]2CCOC(=O)CI)c2nonc12. The Kier molecular flexibility index (Phi) is 21.9. The zero-order chi connectivity index (χ0) is 59.7. The van der Waals surface area contributed by atoms with E-state index in [4.69, 9.17) is 18.6 Å². The first-order chi connectivity index (χ1) is 41.7. The van der Waals surface area contributed by atoms with E-state index in [0.717, 1.165) is 148 Å². The highest BCUT2D eigenvalue weighted by molar-refractivity contribution is 14.1. The van der Waals surface area contributed by atoms with E-state index in [1.54, 1.807) is 11.3 Å². The van der Waals surface area contributed by atoms with Crippen molar-refractivity contribution in [3.63, 3.8) is 0 Å². The number of alkyl halides is 1. The van der Waals surface area contributed by atoms with Gasteiger partial charge in [0.1, 0.15) is 39.0 Å². The number of fused-ring (bicyclic) bond motifs is 5. The van der Waals surface area contributed by atoms with Crippen LogP contribution in [-0.2, 0) is 29.2 Å². The fourth-order valence-electron chi connectivity index (χ4n) is 10.3. The number of thiazole rings is 2. The normalized spacial score (nSPS) is 11.6. The van der Waals surface area contributed by atoms with E-state index in [1.807, 2.05) is 52.1 Å². The van der Waals surface area contributed by atoms with Gasteiger partial charge in [-0.2, -0.15) is 9.13 Å². The maximum Gasteiger partial charge on any atom is 0.315 e. The van der Waals surface area contributed by atoms with Crippen LogP contribution in [0.4, 0.5) is 17.1 Å². The topological polar surface area (TPSA) is 164 Å². The van der Waals surface area contributed by atoms with Crippen LogP contribution >= 0.6 is 45.3 Å². The minimum Gasteiger partial charge on any atom is -0.458 e. The highest BCUT2D eigenvalue weighted by Gasteiger charge is 2.22. The average Bonchev–Trinajstić information content (AvgIpc) is 3.48. The van der Waals surface area contributed by atoms with Crippen LogP contribution in [0.25, 0.3) is 90.0 Å². The van der Waals surface area contributed by atoms with Gasteiger partial charge in [0.25, 0.3) is 10.0 Å². The fraction of sp³-hybridized carbons (Fsp3) is 0.323. The lowest BCUT2D eigenvalue weighted by Gasteiger charge is -2.20. The molecule has 11 rings (SSSR count). The first-order valence-corrected chi connectivity index (χ1v) is 32.4. The molecule has 20 heteroatoms. The predicted molar refractivity (Wildman–Crippen MR) is 354 cm³/mol. The molecular weight excluding hydrogens is 1220 g/mol. The summed E-state index contributed by atoms with van der Waals surface area (Å²) in [5.74, 6) is -0.197. The number of nitrogens with zero attached hydrogens (tertiary/aromatic N) is 12. The number of aryl methyl sites for hydroxylation is 2. The predicted octanol–water partition coefficient (Wildman–Crippen LogP) is 13.8. The van der Waals surface area contributed by atoms with Crippen molar-refractivity contribution in [3.8, 4) is 0 Å². The van der Waals surface area contributed by atoms with Crippen LogP contribution in [0.1, 0.15) is 101 Å². The molecule has 0 bridgehead atoms. The molecule has 440 valence electrons. The summed E-state index contributed by atoms with van der Waals surface area (Å²) >= 11 is 5.52. The lowest BCUT2D eigenvalue weighted by Crippen LogP contribution is -2.37. The number of ether oxygens (including phenoxy) is 1. The summed E-state index contributed by atoms with van der Waals surface area (Å²) in [7, 11) is 0. The van der Waals surface area contributed by atoms with Gasteiger partial charge in [0.05, 0.1) is 21.5 Å². The monoisotopic (exact) mass is 1290 g/mol. The number of carbonyl (C=O) groups is 1. The summed E-state index contributed by atoms with van der Waals surface area (Å²) < 4.78 is 30.1. The molecule has 0 aliphatic carbocycles. The van der Waals surface area contributed by atoms with E-state index in [0.29, 0.717) is 17.6 Å². The number of aromatic nitrogens is 9. The third kappa shape index (κ3) is 14.4.